The average molecular weight is 549 g/mol. The zero-order valence-corrected chi connectivity index (χ0v) is 23.4. The van der Waals surface area contributed by atoms with Crippen molar-refractivity contribution in [3.8, 4) is 0 Å². The second-order valence-electron chi connectivity index (χ2n) is 10.1. The first-order valence-corrected chi connectivity index (χ1v) is 13.9. The number of allylic oxidation sites excluding steroid dienone is 1. The van der Waals surface area contributed by atoms with Crippen molar-refractivity contribution in [2.45, 2.75) is 46.3 Å². The first kappa shape index (κ1) is 26.8. The van der Waals surface area contributed by atoms with E-state index in [1.165, 1.54) is 18.0 Å². The minimum atomic E-state index is -0.457. The largest absolute Gasteiger partial charge is 0.459 e. The SMILES string of the molecule is CC1=C(C(=O)OC(C)C)C(c2ccc(C)cc2)N2C(CC(=O)N3CCN(C(=O)c4ccco4)CC3)=CSC2=N1. The Kier molecular flexibility index (Phi) is 7.65. The average Bonchev–Trinajstić information content (AvgIpc) is 3.58. The number of fused-ring (bicyclic) bond motifs is 1. The van der Waals surface area contributed by atoms with Gasteiger partial charge in [0.25, 0.3) is 5.91 Å². The van der Waals surface area contributed by atoms with Gasteiger partial charge in [0.1, 0.15) is 0 Å². The quantitative estimate of drug-likeness (QED) is 0.491. The summed E-state index contributed by atoms with van der Waals surface area (Å²) in [5, 5.41) is 2.68. The molecule has 0 saturated carbocycles. The van der Waals surface area contributed by atoms with Crippen LogP contribution in [0.15, 0.2) is 74.4 Å². The summed E-state index contributed by atoms with van der Waals surface area (Å²) in [4.78, 5) is 49.5. The van der Waals surface area contributed by atoms with Crippen LogP contribution in [0.25, 0.3) is 0 Å². The Labute approximate surface area is 232 Å². The molecule has 0 aliphatic carbocycles. The lowest BCUT2D eigenvalue weighted by Gasteiger charge is -2.38. The molecule has 9 nitrogen and oxygen atoms in total. The summed E-state index contributed by atoms with van der Waals surface area (Å²) in [5.74, 6) is -0.304. The topological polar surface area (TPSA) is 95.7 Å². The summed E-state index contributed by atoms with van der Waals surface area (Å²) in [6.45, 7) is 9.26. The second kappa shape index (κ2) is 11.1. The third kappa shape index (κ3) is 5.52. The van der Waals surface area contributed by atoms with E-state index in [9.17, 15) is 14.4 Å². The lowest BCUT2D eigenvalue weighted by Crippen LogP contribution is -2.50. The molecule has 0 bridgehead atoms. The fraction of sp³-hybridized carbons (Fsp3) is 0.379. The fourth-order valence-electron chi connectivity index (χ4n) is 4.95. The predicted octanol–water partition coefficient (Wildman–Crippen LogP) is 4.49. The maximum absolute atomic E-state index is 13.4. The van der Waals surface area contributed by atoms with Gasteiger partial charge in [-0.15, -0.1) is 0 Å². The Bertz CT molecular complexity index is 1350. The number of amides is 2. The van der Waals surface area contributed by atoms with Gasteiger partial charge in [0.15, 0.2) is 10.9 Å². The fourth-order valence-corrected chi connectivity index (χ4v) is 5.92. The number of amidine groups is 1. The number of rotatable bonds is 6. The van der Waals surface area contributed by atoms with E-state index in [4.69, 9.17) is 14.1 Å². The number of aryl methyl sites for hydroxylation is 1. The summed E-state index contributed by atoms with van der Waals surface area (Å²) < 4.78 is 10.9. The summed E-state index contributed by atoms with van der Waals surface area (Å²) in [6, 6.07) is 10.9. The Morgan fingerprint density at radius 2 is 1.74 bits per heavy atom. The number of nitrogens with zero attached hydrogens (tertiary/aromatic N) is 4. The number of hydrogen-bond acceptors (Lipinski definition) is 8. The van der Waals surface area contributed by atoms with Crippen molar-refractivity contribution < 1.29 is 23.5 Å². The first-order valence-electron chi connectivity index (χ1n) is 13.1. The molecule has 3 aliphatic heterocycles. The number of piperazine rings is 1. The van der Waals surface area contributed by atoms with Crippen molar-refractivity contribution in [3.05, 3.63) is 81.9 Å². The predicted molar refractivity (Wildman–Crippen MR) is 149 cm³/mol. The van der Waals surface area contributed by atoms with E-state index in [0.29, 0.717) is 43.2 Å². The van der Waals surface area contributed by atoms with Crippen molar-refractivity contribution in [3.63, 3.8) is 0 Å². The molecule has 2 aromatic rings. The van der Waals surface area contributed by atoms with E-state index in [2.05, 4.69) is 0 Å². The zero-order chi connectivity index (χ0) is 27.7. The van der Waals surface area contributed by atoms with Gasteiger partial charge in [0, 0.05) is 31.9 Å². The first-order chi connectivity index (χ1) is 18.7. The molecule has 0 N–H and O–H groups in total. The molecule has 0 radical (unpaired) electrons. The Hall–Kier alpha value is -3.79. The Balaban J connectivity index is 1.34. The number of carbonyl (C=O) groups excluding carboxylic acids is 3. The van der Waals surface area contributed by atoms with Crippen LogP contribution in [0.4, 0.5) is 0 Å². The standard InChI is InChI=1S/C29H32N4O5S/c1-18(2)38-28(36)25-20(4)30-29-33(26(25)21-9-7-19(3)8-10-21)22(17-39-29)16-24(34)31-11-13-32(14-12-31)27(35)23-6-5-15-37-23/h5-10,15,17-18,26H,11-14,16H2,1-4H3. The molecule has 1 aromatic carbocycles. The van der Waals surface area contributed by atoms with Gasteiger partial charge < -0.3 is 23.9 Å². The summed E-state index contributed by atoms with van der Waals surface area (Å²) in [7, 11) is 0. The van der Waals surface area contributed by atoms with E-state index in [1.54, 1.807) is 21.9 Å². The van der Waals surface area contributed by atoms with Gasteiger partial charge in [-0.25, -0.2) is 9.79 Å². The van der Waals surface area contributed by atoms with Gasteiger partial charge >= 0.3 is 5.97 Å². The number of furan rings is 1. The van der Waals surface area contributed by atoms with E-state index in [1.807, 2.05) is 62.3 Å². The van der Waals surface area contributed by atoms with Crippen LogP contribution in [-0.2, 0) is 14.3 Å². The minimum absolute atomic E-state index is 0.0339. The highest BCUT2D eigenvalue weighted by molar-refractivity contribution is 8.16. The van der Waals surface area contributed by atoms with Gasteiger partial charge in [-0.2, -0.15) is 0 Å². The molecule has 204 valence electrons. The number of thioether (sulfide) groups is 1. The van der Waals surface area contributed by atoms with Crippen LogP contribution in [0.5, 0.6) is 0 Å². The van der Waals surface area contributed by atoms with Gasteiger partial charge in [-0.3, -0.25) is 9.59 Å². The molecule has 3 aliphatic rings. The van der Waals surface area contributed by atoms with E-state index < -0.39 is 12.0 Å². The third-order valence-corrected chi connectivity index (χ3v) is 7.83. The number of esters is 1. The molecule has 39 heavy (non-hydrogen) atoms. The van der Waals surface area contributed by atoms with Crippen LogP contribution < -0.4 is 0 Å². The highest BCUT2D eigenvalue weighted by atomic mass is 32.2. The molecule has 4 heterocycles. The van der Waals surface area contributed by atoms with Crippen LogP contribution in [0.2, 0.25) is 0 Å². The van der Waals surface area contributed by atoms with Gasteiger partial charge in [0.05, 0.1) is 36.1 Å². The zero-order valence-electron chi connectivity index (χ0n) is 22.5. The molecular weight excluding hydrogens is 516 g/mol. The molecule has 1 saturated heterocycles. The maximum Gasteiger partial charge on any atom is 0.338 e. The van der Waals surface area contributed by atoms with Gasteiger partial charge in [-0.1, -0.05) is 41.6 Å². The highest BCUT2D eigenvalue weighted by Crippen LogP contribution is 2.45. The van der Waals surface area contributed by atoms with Crippen molar-refractivity contribution in [2.24, 2.45) is 4.99 Å². The highest BCUT2D eigenvalue weighted by Gasteiger charge is 2.41. The molecule has 2 amide bonds. The molecule has 1 aromatic heterocycles. The Morgan fingerprint density at radius 1 is 1.05 bits per heavy atom. The number of carbonyl (C=O) groups is 3. The normalized spacial score (nSPS) is 19.2. The molecule has 5 rings (SSSR count). The molecule has 1 atom stereocenters. The van der Waals surface area contributed by atoms with E-state index in [-0.39, 0.29) is 24.3 Å². The van der Waals surface area contributed by atoms with Crippen LogP contribution >= 0.6 is 11.8 Å². The van der Waals surface area contributed by atoms with E-state index >= 15 is 0 Å². The Morgan fingerprint density at radius 3 is 2.38 bits per heavy atom. The molecule has 1 fully saturated rings. The number of benzene rings is 1. The lowest BCUT2D eigenvalue weighted by atomic mass is 9.93. The molecule has 1 unspecified atom stereocenters. The smallest absolute Gasteiger partial charge is 0.338 e. The number of aliphatic imine (C=N–C) groups is 1. The van der Waals surface area contributed by atoms with E-state index in [0.717, 1.165) is 22.0 Å². The van der Waals surface area contributed by atoms with Crippen LogP contribution in [0.1, 0.15) is 54.9 Å². The number of hydrogen-bond donors (Lipinski definition) is 0. The molecule has 0 spiro atoms. The monoisotopic (exact) mass is 548 g/mol. The van der Waals surface area contributed by atoms with Crippen LogP contribution in [0.3, 0.4) is 0 Å². The third-order valence-electron chi connectivity index (χ3n) is 6.94. The van der Waals surface area contributed by atoms with Gasteiger partial charge in [-0.05, 0) is 50.8 Å². The summed E-state index contributed by atoms with van der Waals surface area (Å²) in [5.41, 5.74) is 3.91. The van der Waals surface area contributed by atoms with Gasteiger partial charge in [0.2, 0.25) is 5.91 Å². The lowest BCUT2D eigenvalue weighted by molar-refractivity contribution is -0.143. The van der Waals surface area contributed by atoms with Crippen molar-refractivity contribution >= 4 is 34.7 Å². The maximum atomic E-state index is 13.4. The van der Waals surface area contributed by atoms with Crippen molar-refractivity contribution in [2.75, 3.05) is 26.2 Å². The summed E-state index contributed by atoms with van der Waals surface area (Å²) in [6.07, 6.45) is 1.36. The second-order valence-corrected chi connectivity index (χ2v) is 10.9. The van der Waals surface area contributed by atoms with Crippen LogP contribution in [0, 0.1) is 6.92 Å². The van der Waals surface area contributed by atoms with Crippen molar-refractivity contribution in [1.82, 2.24) is 14.7 Å². The molecule has 10 heteroatoms. The minimum Gasteiger partial charge on any atom is -0.459 e. The van der Waals surface area contributed by atoms with Crippen LogP contribution in [-0.4, -0.2) is 69.9 Å². The van der Waals surface area contributed by atoms with Crippen molar-refractivity contribution in [1.29, 1.82) is 0 Å². The number of ether oxygens (including phenoxy) is 1. The summed E-state index contributed by atoms with van der Waals surface area (Å²) >= 11 is 1.45. The molecular formula is C29H32N4O5S.